The Morgan fingerprint density at radius 3 is 2.70 bits per heavy atom. The Hall–Kier alpha value is -3.42. The first kappa shape index (κ1) is 19.9. The van der Waals surface area contributed by atoms with Crippen molar-refractivity contribution < 1.29 is 4.79 Å². The van der Waals surface area contributed by atoms with Crippen LogP contribution in [0.25, 0.3) is 11.0 Å². The van der Waals surface area contributed by atoms with Gasteiger partial charge in [-0.15, -0.1) is 0 Å². The SMILES string of the molecule is N=C(N)N(Cc1ccccc1)CC1CCC(C(=O)Nc2ccnc3[nH]ncc23)CC1. The number of aromatic amines is 1. The van der Waals surface area contributed by atoms with Crippen molar-refractivity contribution in [3.05, 3.63) is 54.4 Å². The molecule has 1 fully saturated rings. The fourth-order valence-corrected chi connectivity index (χ4v) is 4.17. The van der Waals surface area contributed by atoms with E-state index in [2.05, 4.69) is 20.5 Å². The minimum absolute atomic E-state index is 0.00346. The first-order valence-electron chi connectivity index (χ1n) is 10.3. The summed E-state index contributed by atoms with van der Waals surface area (Å²) in [6.45, 7) is 1.39. The molecular formula is C22H27N7O. The number of nitrogens with one attached hydrogen (secondary N) is 3. The Balaban J connectivity index is 1.31. The number of anilines is 1. The Morgan fingerprint density at radius 1 is 1.20 bits per heavy atom. The van der Waals surface area contributed by atoms with Gasteiger partial charge in [-0.25, -0.2) is 4.98 Å². The quantitative estimate of drug-likeness (QED) is 0.371. The molecule has 0 spiro atoms. The van der Waals surface area contributed by atoms with Crippen LogP contribution >= 0.6 is 0 Å². The number of fused-ring (bicyclic) bond motifs is 1. The van der Waals surface area contributed by atoms with Crippen LogP contribution in [0.3, 0.4) is 0 Å². The molecule has 3 aromatic rings. The fourth-order valence-electron chi connectivity index (χ4n) is 4.17. The van der Waals surface area contributed by atoms with Gasteiger partial charge in [-0.2, -0.15) is 5.10 Å². The average molecular weight is 406 g/mol. The van der Waals surface area contributed by atoms with Crippen molar-refractivity contribution in [3.8, 4) is 0 Å². The lowest BCUT2D eigenvalue weighted by Gasteiger charge is -2.32. The molecule has 4 rings (SSSR count). The molecule has 8 heteroatoms. The number of carbonyl (C=O) groups excluding carboxylic acids is 1. The van der Waals surface area contributed by atoms with E-state index in [0.717, 1.165) is 48.9 Å². The fraction of sp³-hybridized carbons (Fsp3) is 0.364. The van der Waals surface area contributed by atoms with Crippen molar-refractivity contribution in [3.63, 3.8) is 0 Å². The van der Waals surface area contributed by atoms with Gasteiger partial charge in [0, 0.05) is 25.2 Å². The molecule has 1 aromatic carbocycles. The lowest BCUT2D eigenvalue weighted by Crippen LogP contribution is -2.40. The number of hydrogen-bond acceptors (Lipinski definition) is 4. The highest BCUT2D eigenvalue weighted by Gasteiger charge is 2.28. The maximum absolute atomic E-state index is 12.8. The topological polar surface area (TPSA) is 124 Å². The predicted molar refractivity (Wildman–Crippen MR) is 117 cm³/mol. The minimum Gasteiger partial charge on any atom is -0.370 e. The normalized spacial score (nSPS) is 18.8. The number of benzene rings is 1. The van der Waals surface area contributed by atoms with Gasteiger partial charge >= 0.3 is 0 Å². The molecule has 156 valence electrons. The second-order valence-electron chi connectivity index (χ2n) is 7.95. The molecule has 1 aliphatic rings. The van der Waals surface area contributed by atoms with Gasteiger partial charge in [-0.3, -0.25) is 15.3 Å². The number of pyridine rings is 1. The molecule has 0 bridgehead atoms. The molecule has 2 heterocycles. The Kier molecular flexibility index (Phi) is 5.92. The van der Waals surface area contributed by atoms with Crippen LogP contribution in [-0.2, 0) is 11.3 Å². The van der Waals surface area contributed by atoms with E-state index in [9.17, 15) is 4.79 Å². The third-order valence-electron chi connectivity index (χ3n) is 5.87. The second kappa shape index (κ2) is 8.94. The molecule has 0 saturated heterocycles. The van der Waals surface area contributed by atoms with Crippen molar-refractivity contribution in [2.75, 3.05) is 11.9 Å². The molecule has 1 aliphatic carbocycles. The smallest absolute Gasteiger partial charge is 0.227 e. The van der Waals surface area contributed by atoms with Gasteiger partial charge in [-0.05, 0) is 43.2 Å². The monoisotopic (exact) mass is 405 g/mol. The first-order valence-corrected chi connectivity index (χ1v) is 10.3. The molecule has 1 saturated carbocycles. The molecule has 1 amide bonds. The van der Waals surface area contributed by atoms with Gasteiger partial charge in [0.15, 0.2) is 11.6 Å². The minimum atomic E-state index is -0.00346. The highest BCUT2D eigenvalue weighted by molar-refractivity contribution is 6.00. The zero-order chi connectivity index (χ0) is 20.9. The van der Waals surface area contributed by atoms with Crippen LogP contribution in [-0.4, -0.2) is 38.5 Å². The van der Waals surface area contributed by atoms with E-state index in [-0.39, 0.29) is 17.8 Å². The Labute approximate surface area is 175 Å². The summed E-state index contributed by atoms with van der Waals surface area (Å²) in [6.07, 6.45) is 6.93. The van der Waals surface area contributed by atoms with E-state index in [1.807, 2.05) is 35.2 Å². The molecule has 0 aliphatic heterocycles. The number of hydrogen-bond donors (Lipinski definition) is 4. The van der Waals surface area contributed by atoms with Crippen LogP contribution in [0.4, 0.5) is 5.69 Å². The van der Waals surface area contributed by atoms with Gasteiger partial charge in [0.1, 0.15) is 0 Å². The lowest BCUT2D eigenvalue weighted by atomic mass is 9.81. The van der Waals surface area contributed by atoms with Gasteiger partial charge in [0.25, 0.3) is 0 Å². The maximum Gasteiger partial charge on any atom is 0.227 e. The second-order valence-corrected chi connectivity index (χ2v) is 7.95. The highest BCUT2D eigenvalue weighted by atomic mass is 16.1. The van der Waals surface area contributed by atoms with Crippen LogP contribution in [0.15, 0.2) is 48.8 Å². The van der Waals surface area contributed by atoms with Gasteiger partial charge in [-0.1, -0.05) is 30.3 Å². The third-order valence-corrected chi connectivity index (χ3v) is 5.87. The first-order chi connectivity index (χ1) is 14.6. The summed E-state index contributed by atoms with van der Waals surface area (Å²) in [4.78, 5) is 18.9. The summed E-state index contributed by atoms with van der Waals surface area (Å²) >= 11 is 0. The standard InChI is InChI=1S/C22H27N7O/c23-22(24)29(13-15-4-2-1-3-5-15)14-16-6-8-17(9-7-16)21(30)27-19-10-11-25-20-18(19)12-26-28-20/h1-5,10-12,16-17H,6-9,13-14H2,(H3,23,24)(H2,25,26,27,28,30). The number of rotatable bonds is 6. The molecule has 8 nitrogen and oxygen atoms in total. The summed E-state index contributed by atoms with van der Waals surface area (Å²) in [5, 5.41) is 18.6. The van der Waals surface area contributed by atoms with E-state index in [0.29, 0.717) is 18.1 Å². The predicted octanol–water partition coefficient (Wildman–Crippen LogP) is 3.10. The number of guanidine groups is 1. The molecule has 0 atom stereocenters. The molecule has 30 heavy (non-hydrogen) atoms. The number of amides is 1. The van der Waals surface area contributed by atoms with E-state index < -0.39 is 0 Å². The molecule has 5 N–H and O–H groups in total. The van der Waals surface area contributed by atoms with E-state index in [4.69, 9.17) is 11.1 Å². The molecule has 0 unspecified atom stereocenters. The number of aromatic nitrogens is 3. The van der Waals surface area contributed by atoms with Crippen molar-refractivity contribution in [2.24, 2.45) is 17.6 Å². The van der Waals surface area contributed by atoms with Gasteiger partial charge in [0.2, 0.25) is 5.91 Å². The number of carbonyl (C=O) groups is 1. The summed E-state index contributed by atoms with van der Waals surface area (Å²) in [5.41, 5.74) is 8.38. The molecule has 0 radical (unpaired) electrons. The van der Waals surface area contributed by atoms with E-state index >= 15 is 0 Å². The molecule has 2 aromatic heterocycles. The summed E-state index contributed by atoms with van der Waals surface area (Å²) in [5.74, 6) is 0.579. The van der Waals surface area contributed by atoms with Crippen molar-refractivity contribution >= 4 is 28.6 Å². The largest absolute Gasteiger partial charge is 0.370 e. The summed E-state index contributed by atoms with van der Waals surface area (Å²) in [7, 11) is 0. The van der Waals surface area contributed by atoms with Crippen LogP contribution in [0.5, 0.6) is 0 Å². The highest BCUT2D eigenvalue weighted by Crippen LogP contribution is 2.31. The van der Waals surface area contributed by atoms with Crippen molar-refractivity contribution in [1.29, 1.82) is 5.41 Å². The van der Waals surface area contributed by atoms with Gasteiger partial charge in [0.05, 0.1) is 17.3 Å². The molecular weight excluding hydrogens is 378 g/mol. The Bertz CT molecular complexity index is 1010. The maximum atomic E-state index is 12.8. The van der Waals surface area contributed by atoms with Crippen LogP contribution in [0.1, 0.15) is 31.2 Å². The number of nitrogens with two attached hydrogens (primary N) is 1. The van der Waals surface area contributed by atoms with Gasteiger partial charge < -0.3 is 16.0 Å². The lowest BCUT2D eigenvalue weighted by molar-refractivity contribution is -0.121. The van der Waals surface area contributed by atoms with Crippen LogP contribution in [0, 0.1) is 17.2 Å². The number of nitrogens with zero attached hydrogens (tertiary/aromatic N) is 3. The van der Waals surface area contributed by atoms with Crippen LogP contribution in [0.2, 0.25) is 0 Å². The zero-order valence-corrected chi connectivity index (χ0v) is 16.8. The summed E-state index contributed by atoms with van der Waals surface area (Å²) in [6, 6.07) is 11.9. The third kappa shape index (κ3) is 4.59. The van der Waals surface area contributed by atoms with Crippen molar-refractivity contribution in [2.45, 2.75) is 32.2 Å². The zero-order valence-electron chi connectivity index (χ0n) is 16.8. The summed E-state index contributed by atoms with van der Waals surface area (Å²) < 4.78 is 0. The van der Waals surface area contributed by atoms with E-state index in [1.54, 1.807) is 18.5 Å². The number of H-pyrrole nitrogens is 1. The Morgan fingerprint density at radius 2 is 1.97 bits per heavy atom. The van der Waals surface area contributed by atoms with E-state index in [1.165, 1.54) is 0 Å². The van der Waals surface area contributed by atoms with Crippen LogP contribution < -0.4 is 11.1 Å². The average Bonchev–Trinajstić information content (AvgIpc) is 3.24. The van der Waals surface area contributed by atoms with Crippen molar-refractivity contribution in [1.82, 2.24) is 20.1 Å².